The van der Waals surface area contributed by atoms with Gasteiger partial charge in [0, 0.05) is 28.9 Å². The van der Waals surface area contributed by atoms with Crippen molar-refractivity contribution >= 4 is 28.6 Å². The highest BCUT2D eigenvalue weighted by atomic mass is 32.1. The molecule has 1 unspecified atom stereocenters. The molecule has 1 atom stereocenters. The van der Waals surface area contributed by atoms with Crippen LogP contribution in [-0.2, 0) is 6.54 Å². The third kappa shape index (κ3) is 3.18. The number of rotatable bonds is 3. The Morgan fingerprint density at radius 2 is 1.93 bits per heavy atom. The zero-order valence-corrected chi connectivity index (χ0v) is 17.7. The highest BCUT2D eigenvalue weighted by Crippen LogP contribution is 2.30. The molecule has 8 heteroatoms. The second kappa shape index (κ2) is 7.20. The molecule has 29 heavy (non-hydrogen) atoms. The van der Waals surface area contributed by atoms with Crippen LogP contribution in [0, 0.1) is 6.92 Å². The molecule has 4 heterocycles. The maximum absolute atomic E-state index is 13.2. The average Bonchev–Trinajstić information content (AvgIpc) is 3.48. The van der Waals surface area contributed by atoms with Crippen molar-refractivity contribution in [3.05, 3.63) is 63.6 Å². The minimum atomic E-state index is -0.144. The first-order valence-electron chi connectivity index (χ1n) is 9.42. The molecule has 0 saturated heterocycles. The van der Waals surface area contributed by atoms with Crippen LogP contribution in [0.3, 0.4) is 0 Å². The van der Waals surface area contributed by atoms with Crippen molar-refractivity contribution < 1.29 is 4.79 Å². The lowest BCUT2D eigenvalue weighted by Gasteiger charge is -2.33. The van der Waals surface area contributed by atoms with Gasteiger partial charge >= 0.3 is 0 Å². The van der Waals surface area contributed by atoms with Gasteiger partial charge in [-0.15, -0.1) is 32.9 Å². The topological polar surface area (TPSA) is 63.9 Å². The summed E-state index contributed by atoms with van der Waals surface area (Å²) in [6, 6.07) is 11.8. The summed E-state index contributed by atoms with van der Waals surface area (Å²) in [6.07, 6.45) is 0. The monoisotopic (exact) mass is 421 g/mol. The Bertz CT molecular complexity index is 1160. The molecule has 0 bridgehead atoms. The molecule has 0 N–H and O–H groups in total. The Labute approximate surface area is 176 Å². The van der Waals surface area contributed by atoms with Crippen molar-refractivity contribution in [1.82, 2.24) is 24.6 Å². The summed E-state index contributed by atoms with van der Waals surface area (Å²) in [4.78, 5) is 20.8. The minimum absolute atomic E-state index is 0.0236. The first-order valence-corrected chi connectivity index (χ1v) is 11.2. The van der Waals surface area contributed by atoms with Gasteiger partial charge in [0.1, 0.15) is 5.69 Å². The maximum Gasteiger partial charge on any atom is 0.254 e. The zero-order valence-electron chi connectivity index (χ0n) is 16.1. The number of thiazole rings is 1. The normalized spacial score (nSPS) is 16.1. The van der Waals surface area contributed by atoms with Gasteiger partial charge < -0.3 is 9.47 Å². The van der Waals surface area contributed by atoms with E-state index in [-0.39, 0.29) is 11.9 Å². The second-order valence-electron chi connectivity index (χ2n) is 7.01. The van der Waals surface area contributed by atoms with Gasteiger partial charge in [-0.3, -0.25) is 4.79 Å². The van der Waals surface area contributed by atoms with Gasteiger partial charge in [-0.25, -0.2) is 4.98 Å². The first kappa shape index (κ1) is 18.2. The van der Waals surface area contributed by atoms with Crippen molar-refractivity contribution in [2.45, 2.75) is 26.4 Å². The number of carbonyl (C=O) groups is 1. The molecule has 1 amide bonds. The standard InChI is InChI=1S/C21H19N5OS2/c1-13-19-23-24-20(17-12-29-14(2)22-17)26(19)10-9-25(13)21(27)16-7-5-15(6-8-16)18-4-3-11-28-18/h3-8,11-13H,9-10H2,1-2H3. The highest BCUT2D eigenvalue weighted by molar-refractivity contribution is 7.13. The number of fused-ring (bicyclic) bond motifs is 1. The molecular formula is C21H19N5OS2. The summed E-state index contributed by atoms with van der Waals surface area (Å²) < 4.78 is 2.09. The summed E-state index contributed by atoms with van der Waals surface area (Å²) in [7, 11) is 0. The summed E-state index contributed by atoms with van der Waals surface area (Å²) in [5.74, 6) is 1.61. The van der Waals surface area contributed by atoms with Crippen molar-refractivity contribution in [3.8, 4) is 22.0 Å². The van der Waals surface area contributed by atoms with Gasteiger partial charge in [-0.1, -0.05) is 18.2 Å². The molecule has 1 aliphatic heterocycles. The SMILES string of the molecule is Cc1nc(-c2nnc3n2CCN(C(=O)c2ccc(-c4cccs4)cc2)C3C)cs1. The fourth-order valence-corrected chi connectivity index (χ4v) is 5.03. The van der Waals surface area contributed by atoms with Crippen LogP contribution in [0.1, 0.15) is 34.2 Å². The molecule has 146 valence electrons. The predicted octanol–water partition coefficient (Wildman–Crippen LogP) is 4.66. The van der Waals surface area contributed by atoms with E-state index in [1.54, 1.807) is 22.7 Å². The first-order chi connectivity index (χ1) is 14.1. The van der Waals surface area contributed by atoms with Crippen LogP contribution >= 0.6 is 22.7 Å². The van der Waals surface area contributed by atoms with E-state index in [1.165, 1.54) is 4.88 Å². The van der Waals surface area contributed by atoms with E-state index < -0.39 is 0 Å². The van der Waals surface area contributed by atoms with Gasteiger partial charge in [0.25, 0.3) is 5.91 Å². The van der Waals surface area contributed by atoms with Crippen molar-refractivity contribution in [1.29, 1.82) is 0 Å². The average molecular weight is 422 g/mol. The molecule has 1 aromatic carbocycles. The number of aromatic nitrogens is 4. The van der Waals surface area contributed by atoms with Gasteiger partial charge in [0.05, 0.1) is 11.0 Å². The van der Waals surface area contributed by atoms with E-state index in [2.05, 4.69) is 31.2 Å². The van der Waals surface area contributed by atoms with Crippen molar-refractivity contribution in [3.63, 3.8) is 0 Å². The minimum Gasteiger partial charge on any atom is -0.327 e. The lowest BCUT2D eigenvalue weighted by molar-refractivity contribution is 0.0638. The molecule has 0 spiro atoms. The van der Waals surface area contributed by atoms with Crippen molar-refractivity contribution in [2.24, 2.45) is 0 Å². The molecule has 1 aliphatic rings. The Morgan fingerprint density at radius 3 is 2.62 bits per heavy atom. The molecular weight excluding hydrogens is 402 g/mol. The summed E-state index contributed by atoms with van der Waals surface area (Å²) in [5, 5.41) is 13.8. The molecule has 0 aliphatic carbocycles. The van der Waals surface area contributed by atoms with E-state index in [4.69, 9.17) is 0 Å². The van der Waals surface area contributed by atoms with Crippen LogP contribution in [0.4, 0.5) is 0 Å². The van der Waals surface area contributed by atoms with Crippen LogP contribution in [0.2, 0.25) is 0 Å². The van der Waals surface area contributed by atoms with Gasteiger partial charge in [-0.2, -0.15) is 0 Å². The number of aryl methyl sites for hydroxylation is 1. The molecule has 6 nitrogen and oxygen atoms in total. The molecule has 0 radical (unpaired) electrons. The molecule has 0 saturated carbocycles. The van der Waals surface area contributed by atoms with Crippen LogP contribution < -0.4 is 0 Å². The van der Waals surface area contributed by atoms with Crippen LogP contribution in [0.15, 0.2) is 47.2 Å². The van der Waals surface area contributed by atoms with Gasteiger partial charge in [-0.05, 0) is 43.0 Å². The summed E-state index contributed by atoms with van der Waals surface area (Å²) in [5.41, 5.74) is 2.68. The number of amides is 1. The third-order valence-electron chi connectivity index (χ3n) is 5.23. The Morgan fingerprint density at radius 1 is 1.10 bits per heavy atom. The third-order valence-corrected chi connectivity index (χ3v) is 6.92. The van der Waals surface area contributed by atoms with Crippen LogP contribution in [0.25, 0.3) is 22.0 Å². The number of hydrogen-bond acceptors (Lipinski definition) is 6. The smallest absolute Gasteiger partial charge is 0.254 e. The molecule has 5 rings (SSSR count). The van der Waals surface area contributed by atoms with E-state index in [9.17, 15) is 4.79 Å². The summed E-state index contributed by atoms with van der Waals surface area (Å²) >= 11 is 3.30. The fraction of sp³-hybridized carbons (Fsp3) is 0.238. The maximum atomic E-state index is 13.2. The fourth-order valence-electron chi connectivity index (χ4n) is 3.70. The van der Waals surface area contributed by atoms with E-state index in [0.717, 1.165) is 27.9 Å². The van der Waals surface area contributed by atoms with Crippen molar-refractivity contribution in [2.75, 3.05) is 6.54 Å². The van der Waals surface area contributed by atoms with Crippen LogP contribution in [0.5, 0.6) is 0 Å². The Kier molecular flexibility index (Phi) is 4.52. The van der Waals surface area contributed by atoms with Gasteiger partial charge in [0.15, 0.2) is 11.6 Å². The largest absolute Gasteiger partial charge is 0.327 e. The Balaban J connectivity index is 1.39. The van der Waals surface area contributed by atoms with Crippen LogP contribution in [-0.4, -0.2) is 37.1 Å². The molecule has 0 fully saturated rings. The molecule has 3 aromatic heterocycles. The number of hydrogen-bond donors (Lipinski definition) is 0. The van der Waals surface area contributed by atoms with E-state index in [1.807, 2.05) is 54.5 Å². The lowest BCUT2D eigenvalue weighted by Crippen LogP contribution is -2.41. The predicted molar refractivity (Wildman–Crippen MR) is 115 cm³/mol. The van der Waals surface area contributed by atoms with Gasteiger partial charge in [0.2, 0.25) is 0 Å². The molecule has 4 aromatic rings. The number of thiophene rings is 1. The number of nitrogens with zero attached hydrogens (tertiary/aromatic N) is 5. The quantitative estimate of drug-likeness (QED) is 0.483. The highest BCUT2D eigenvalue weighted by Gasteiger charge is 2.32. The van der Waals surface area contributed by atoms with E-state index in [0.29, 0.717) is 18.7 Å². The second-order valence-corrected chi connectivity index (χ2v) is 9.02. The lowest BCUT2D eigenvalue weighted by atomic mass is 10.1. The number of carbonyl (C=O) groups excluding carboxylic acids is 1. The summed E-state index contributed by atoms with van der Waals surface area (Å²) in [6.45, 7) is 5.27. The Hall–Kier alpha value is -2.84. The zero-order chi connectivity index (χ0) is 20.0. The number of benzene rings is 1. The van der Waals surface area contributed by atoms with E-state index >= 15 is 0 Å².